The predicted molar refractivity (Wildman–Crippen MR) is 119 cm³/mol. The summed E-state index contributed by atoms with van der Waals surface area (Å²) in [5.74, 6) is 0.782. The van der Waals surface area contributed by atoms with Crippen LogP contribution >= 0.6 is 0 Å². The van der Waals surface area contributed by atoms with E-state index in [1.807, 2.05) is 36.4 Å². The van der Waals surface area contributed by atoms with Crippen molar-refractivity contribution in [3.8, 4) is 22.8 Å². The van der Waals surface area contributed by atoms with Gasteiger partial charge in [-0.15, -0.1) is 0 Å². The second kappa shape index (κ2) is 8.34. The first-order valence-electron chi connectivity index (χ1n) is 10.6. The number of aryl methyl sites for hydroxylation is 1. The Morgan fingerprint density at radius 3 is 2.72 bits per heavy atom. The SMILES string of the molecule is Cc1cc(OCc2noc(=O)[nH]2)c2c(c1Cc1ccc(O)c(-c3ccccc3)n1)CCC2. The molecule has 7 heteroatoms. The summed E-state index contributed by atoms with van der Waals surface area (Å²) in [6, 6.07) is 15.4. The fourth-order valence-corrected chi connectivity index (χ4v) is 4.38. The van der Waals surface area contributed by atoms with Gasteiger partial charge in [0.05, 0.1) is 0 Å². The molecule has 1 aliphatic rings. The Bertz CT molecular complexity index is 1330. The van der Waals surface area contributed by atoms with Gasteiger partial charge in [0.15, 0.2) is 5.82 Å². The lowest BCUT2D eigenvalue weighted by Crippen LogP contribution is -2.06. The molecule has 0 bridgehead atoms. The summed E-state index contributed by atoms with van der Waals surface area (Å²) in [6.07, 6.45) is 3.70. The maximum atomic E-state index is 11.1. The van der Waals surface area contributed by atoms with Crippen LogP contribution in [0.15, 0.2) is 57.8 Å². The van der Waals surface area contributed by atoms with Crippen LogP contribution in [0.2, 0.25) is 0 Å². The van der Waals surface area contributed by atoms with Crippen molar-refractivity contribution in [3.63, 3.8) is 0 Å². The summed E-state index contributed by atoms with van der Waals surface area (Å²) in [4.78, 5) is 18.4. The van der Waals surface area contributed by atoms with E-state index in [4.69, 9.17) is 9.72 Å². The molecule has 32 heavy (non-hydrogen) atoms. The molecule has 4 aromatic rings. The average molecular weight is 429 g/mol. The molecule has 0 aliphatic heterocycles. The van der Waals surface area contributed by atoms with E-state index in [-0.39, 0.29) is 12.4 Å². The molecule has 162 valence electrons. The molecule has 7 nitrogen and oxygen atoms in total. The summed E-state index contributed by atoms with van der Waals surface area (Å²) in [5.41, 5.74) is 7.31. The van der Waals surface area contributed by atoms with Crippen molar-refractivity contribution in [2.24, 2.45) is 0 Å². The zero-order chi connectivity index (χ0) is 22.1. The van der Waals surface area contributed by atoms with Crippen molar-refractivity contribution in [2.45, 2.75) is 39.2 Å². The smallest absolute Gasteiger partial charge is 0.439 e. The Balaban J connectivity index is 1.45. The van der Waals surface area contributed by atoms with Crippen LogP contribution in [0, 0.1) is 6.92 Å². The van der Waals surface area contributed by atoms with E-state index in [1.54, 1.807) is 6.07 Å². The van der Waals surface area contributed by atoms with E-state index >= 15 is 0 Å². The number of benzene rings is 2. The number of H-pyrrole nitrogens is 1. The number of pyridine rings is 1. The van der Waals surface area contributed by atoms with Crippen molar-refractivity contribution in [1.82, 2.24) is 15.1 Å². The van der Waals surface area contributed by atoms with E-state index < -0.39 is 5.76 Å². The fourth-order valence-electron chi connectivity index (χ4n) is 4.38. The molecule has 0 radical (unpaired) electrons. The third-order valence-corrected chi connectivity index (χ3v) is 5.89. The maximum absolute atomic E-state index is 11.1. The molecule has 2 N–H and O–H groups in total. The van der Waals surface area contributed by atoms with Crippen molar-refractivity contribution in [2.75, 3.05) is 0 Å². The molecule has 2 heterocycles. The number of aromatic amines is 1. The van der Waals surface area contributed by atoms with Crippen LogP contribution in [-0.2, 0) is 25.9 Å². The van der Waals surface area contributed by atoms with Crippen molar-refractivity contribution < 1.29 is 14.4 Å². The summed E-state index contributed by atoms with van der Waals surface area (Å²) in [7, 11) is 0. The number of nitrogens with zero attached hydrogens (tertiary/aromatic N) is 2. The highest BCUT2D eigenvalue weighted by atomic mass is 16.5. The molecule has 0 unspecified atom stereocenters. The third-order valence-electron chi connectivity index (χ3n) is 5.89. The van der Waals surface area contributed by atoms with Gasteiger partial charge < -0.3 is 9.84 Å². The lowest BCUT2D eigenvalue weighted by Gasteiger charge is -2.17. The number of hydrogen-bond acceptors (Lipinski definition) is 6. The van der Waals surface area contributed by atoms with Crippen LogP contribution in [0.4, 0.5) is 0 Å². The second-order valence-electron chi connectivity index (χ2n) is 8.02. The number of fused-ring (bicyclic) bond motifs is 1. The predicted octanol–water partition coefficient (Wildman–Crippen LogP) is 4.10. The molecule has 2 aromatic heterocycles. The van der Waals surface area contributed by atoms with E-state index in [2.05, 4.69) is 27.7 Å². The minimum Gasteiger partial charge on any atom is -0.506 e. The maximum Gasteiger partial charge on any atom is 0.439 e. The zero-order valence-corrected chi connectivity index (χ0v) is 17.7. The van der Waals surface area contributed by atoms with Gasteiger partial charge in [-0.2, -0.15) is 0 Å². The van der Waals surface area contributed by atoms with Gasteiger partial charge in [-0.3, -0.25) is 9.51 Å². The molecule has 0 spiro atoms. The Morgan fingerprint density at radius 1 is 1.12 bits per heavy atom. The topological polar surface area (TPSA) is 101 Å². The van der Waals surface area contributed by atoms with Crippen molar-refractivity contribution >= 4 is 0 Å². The number of rotatable bonds is 6. The molecule has 0 fully saturated rings. The number of nitrogens with one attached hydrogen (secondary N) is 1. The normalized spacial score (nSPS) is 12.7. The molecule has 0 amide bonds. The van der Waals surface area contributed by atoms with Gasteiger partial charge in [0, 0.05) is 17.7 Å². The Kier molecular flexibility index (Phi) is 5.23. The first-order chi connectivity index (χ1) is 15.6. The summed E-state index contributed by atoms with van der Waals surface area (Å²) in [6.45, 7) is 2.23. The molecular formula is C25H23N3O4. The molecule has 2 aromatic carbocycles. The van der Waals surface area contributed by atoms with Crippen LogP contribution in [0.3, 0.4) is 0 Å². The van der Waals surface area contributed by atoms with Crippen molar-refractivity contribution in [3.05, 3.63) is 92.9 Å². The number of hydrogen-bond donors (Lipinski definition) is 2. The van der Waals surface area contributed by atoms with Crippen LogP contribution in [0.1, 0.15) is 40.2 Å². The lowest BCUT2D eigenvalue weighted by atomic mass is 9.93. The van der Waals surface area contributed by atoms with Gasteiger partial charge in [0.25, 0.3) is 0 Å². The monoisotopic (exact) mass is 429 g/mol. The van der Waals surface area contributed by atoms with Gasteiger partial charge in [-0.25, -0.2) is 9.78 Å². The van der Waals surface area contributed by atoms with Gasteiger partial charge >= 0.3 is 5.76 Å². The summed E-state index contributed by atoms with van der Waals surface area (Å²) >= 11 is 0. The highest BCUT2D eigenvalue weighted by Gasteiger charge is 2.22. The number of aromatic hydroxyl groups is 1. The molecule has 5 rings (SSSR count). The van der Waals surface area contributed by atoms with Crippen LogP contribution in [0.5, 0.6) is 11.5 Å². The molecular weight excluding hydrogens is 406 g/mol. The van der Waals surface area contributed by atoms with Gasteiger partial charge in [0.2, 0.25) is 0 Å². The van der Waals surface area contributed by atoms with Gasteiger partial charge in [0.1, 0.15) is 23.8 Å². The van der Waals surface area contributed by atoms with Gasteiger partial charge in [-0.05, 0) is 66.6 Å². The molecule has 1 aliphatic carbocycles. The number of aromatic nitrogens is 3. The molecule has 0 saturated carbocycles. The highest BCUT2D eigenvalue weighted by molar-refractivity contribution is 5.66. The van der Waals surface area contributed by atoms with E-state index in [0.717, 1.165) is 41.8 Å². The van der Waals surface area contributed by atoms with Crippen molar-refractivity contribution in [1.29, 1.82) is 0 Å². The molecule has 0 atom stereocenters. The summed E-state index contributed by atoms with van der Waals surface area (Å²) < 4.78 is 10.5. The Hall–Kier alpha value is -3.87. The van der Waals surface area contributed by atoms with E-state index in [0.29, 0.717) is 17.9 Å². The quantitative estimate of drug-likeness (QED) is 0.479. The van der Waals surface area contributed by atoms with E-state index in [9.17, 15) is 9.90 Å². The first-order valence-corrected chi connectivity index (χ1v) is 10.6. The van der Waals surface area contributed by atoms with E-state index in [1.165, 1.54) is 16.7 Å². The van der Waals surface area contributed by atoms with Gasteiger partial charge in [-0.1, -0.05) is 35.5 Å². The summed E-state index contributed by atoms with van der Waals surface area (Å²) in [5, 5.41) is 14.0. The highest BCUT2D eigenvalue weighted by Crippen LogP contribution is 2.37. The molecule has 0 saturated heterocycles. The number of ether oxygens (including phenoxy) is 1. The van der Waals surface area contributed by atoms with Crippen LogP contribution in [0.25, 0.3) is 11.3 Å². The largest absolute Gasteiger partial charge is 0.506 e. The third kappa shape index (κ3) is 3.89. The zero-order valence-electron chi connectivity index (χ0n) is 17.7. The first kappa shape index (κ1) is 20.1. The fraction of sp³-hybridized carbons (Fsp3) is 0.240. The minimum atomic E-state index is -0.586. The Morgan fingerprint density at radius 2 is 1.94 bits per heavy atom. The average Bonchev–Trinajstić information content (AvgIpc) is 3.45. The minimum absolute atomic E-state index is 0.150. The standard InChI is InChI=1S/C25H23N3O4/c1-15-12-22(31-14-23-27-25(30)32-28-23)19-9-5-8-18(19)20(15)13-17-10-11-21(29)24(26-17)16-6-3-2-4-7-16/h2-4,6-7,10-12,29H,5,8-9,13-14H2,1H3,(H,27,28,30). The van der Waals surface area contributed by atoms with Crippen LogP contribution in [-0.4, -0.2) is 20.2 Å². The Labute approximate surface area is 184 Å². The van der Waals surface area contributed by atoms with Crippen LogP contribution < -0.4 is 10.5 Å². The lowest BCUT2D eigenvalue weighted by molar-refractivity contribution is 0.282. The second-order valence-corrected chi connectivity index (χ2v) is 8.02.